The van der Waals surface area contributed by atoms with Crippen LogP contribution in [0.15, 0.2) is 0 Å². The Kier molecular flexibility index (Phi) is 4.15. The Hall–Kier alpha value is -1.10. The Balaban J connectivity index is 1.06. The van der Waals surface area contributed by atoms with Crippen LogP contribution in [0, 0.1) is 35.5 Å². The largest absolute Gasteiger partial charge is 0.459 e. The second-order valence-corrected chi connectivity index (χ2v) is 11.9. The van der Waals surface area contributed by atoms with Crippen molar-refractivity contribution in [1.29, 1.82) is 0 Å². The van der Waals surface area contributed by atoms with Gasteiger partial charge in [-0.05, 0) is 113 Å². The molecule has 8 aliphatic carbocycles. The molecule has 8 rings (SSSR count). The van der Waals surface area contributed by atoms with E-state index in [1.807, 2.05) is 0 Å². The minimum Gasteiger partial charge on any atom is -0.459 e. The summed E-state index contributed by atoms with van der Waals surface area (Å²) in [7, 11) is 0. The van der Waals surface area contributed by atoms with Crippen LogP contribution in [0.3, 0.4) is 0 Å². The minimum atomic E-state index is -0.899. The van der Waals surface area contributed by atoms with Crippen molar-refractivity contribution in [1.82, 2.24) is 0 Å². The van der Waals surface area contributed by atoms with Gasteiger partial charge in [-0.3, -0.25) is 9.59 Å². The molecule has 0 saturated heterocycles. The lowest BCUT2D eigenvalue weighted by molar-refractivity contribution is -0.194. The molecule has 0 heterocycles. The number of carbonyl (C=O) groups excluding carboxylic acids is 2. The normalized spacial score (nSPS) is 49.8. The molecule has 0 aromatic rings. The highest BCUT2D eigenvalue weighted by Gasteiger charge is 2.55. The van der Waals surface area contributed by atoms with Gasteiger partial charge in [0.1, 0.15) is 17.2 Å². The first-order chi connectivity index (χ1) is 13.9. The SMILES string of the molecule is N[C@@H](CC(=O)OC12CC3CC(CC(C3)C1)C2)C(=O)OC12CC3CC(CC(C3)C1)C2. The van der Waals surface area contributed by atoms with Crippen LogP contribution in [-0.4, -0.2) is 29.2 Å². The van der Waals surface area contributed by atoms with Crippen LogP contribution in [0.4, 0.5) is 0 Å². The highest BCUT2D eigenvalue weighted by atomic mass is 16.6. The molecule has 5 heteroatoms. The van der Waals surface area contributed by atoms with Crippen molar-refractivity contribution < 1.29 is 19.1 Å². The van der Waals surface area contributed by atoms with Gasteiger partial charge in [0, 0.05) is 0 Å². The topological polar surface area (TPSA) is 78.6 Å². The van der Waals surface area contributed by atoms with Gasteiger partial charge in [-0.15, -0.1) is 0 Å². The summed E-state index contributed by atoms with van der Waals surface area (Å²) in [6.45, 7) is 0. The molecule has 1 atom stereocenters. The van der Waals surface area contributed by atoms with E-state index in [9.17, 15) is 9.59 Å². The fourth-order valence-corrected chi connectivity index (χ4v) is 9.15. The van der Waals surface area contributed by atoms with E-state index in [4.69, 9.17) is 15.2 Å². The van der Waals surface area contributed by atoms with Crippen LogP contribution >= 0.6 is 0 Å². The van der Waals surface area contributed by atoms with Crippen LogP contribution in [0.5, 0.6) is 0 Å². The van der Waals surface area contributed by atoms with Crippen molar-refractivity contribution in [2.75, 3.05) is 0 Å². The highest BCUT2D eigenvalue weighted by Crippen LogP contribution is 2.58. The molecular formula is C24H35NO4. The number of nitrogens with two attached hydrogens (primary N) is 1. The summed E-state index contributed by atoms with van der Waals surface area (Å²) in [5.74, 6) is 3.62. The third-order valence-electron chi connectivity index (χ3n) is 9.30. The molecule has 0 unspecified atom stereocenters. The number of ether oxygens (including phenoxy) is 2. The maximum absolute atomic E-state index is 12.8. The van der Waals surface area contributed by atoms with Crippen molar-refractivity contribution in [3.63, 3.8) is 0 Å². The fourth-order valence-electron chi connectivity index (χ4n) is 9.15. The molecule has 0 aromatic carbocycles. The van der Waals surface area contributed by atoms with Gasteiger partial charge in [0.05, 0.1) is 6.42 Å². The summed E-state index contributed by atoms with van der Waals surface area (Å²) >= 11 is 0. The summed E-state index contributed by atoms with van der Waals surface area (Å²) in [4.78, 5) is 25.5. The first-order valence-corrected chi connectivity index (χ1v) is 12.1. The maximum Gasteiger partial charge on any atom is 0.324 e. The van der Waals surface area contributed by atoms with Crippen molar-refractivity contribution in [3.05, 3.63) is 0 Å². The summed E-state index contributed by atoms with van der Waals surface area (Å²) < 4.78 is 12.1. The van der Waals surface area contributed by atoms with E-state index < -0.39 is 12.0 Å². The summed E-state index contributed by atoms with van der Waals surface area (Å²) in [6, 6.07) is -0.899. The number of carbonyl (C=O) groups is 2. The van der Waals surface area contributed by atoms with Crippen LogP contribution in [0.25, 0.3) is 0 Å². The van der Waals surface area contributed by atoms with Gasteiger partial charge in [-0.2, -0.15) is 0 Å². The number of esters is 2. The van der Waals surface area contributed by atoms with Gasteiger partial charge in [-0.1, -0.05) is 0 Å². The molecule has 2 N–H and O–H groups in total. The second kappa shape index (κ2) is 6.45. The molecule has 29 heavy (non-hydrogen) atoms. The van der Waals surface area contributed by atoms with Crippen molar-refractivity contribution in [2.24, 2.45) is 41.2 Å². The molecule has 0 aliphatic heterocycles. The number of rotatable bonds is 5. The molecule has 0 radical (unpaired) electrons. The van der Waals surface area contributed by atoms with E-state index in [0.29, 0.717) is 17.8 Å². The Labute approximate surface area is 173 Å². The van der Waals surface area contributed by atoms with E-state index in [2.05, 4.69) is 0 Å². The summed E-state index contributed by atoms with van der Waals surface area (Å²) in [6.07, 6.45) is 13.8. The highest BCUT2D eigenvalue weighted by molar-refractivity contribution is 5.83. The lowest BCUT2D eigenvalue weighted by Crippen LogP contribution is -2.55. The van der Waals surface area contributed by atoms with Crippen molar-refractivity contribution in [3.8, 4) is 0 Å². The molecule has 8 saturated carbocycles. The minimum absolute atomic E-state index is 0.0487. The third kappa shape index (κ3) is 3.32. The summed E-state index contributed by atoms with van der Waals surface area (Å²) in [5.41, 5.74) is 5.57. The molecule has 0 aromatic heterocycles. The molecule has 8 aliphatic rings. The average Bonchev–Trinajstić information content (AvgIpc) is 2.58. The molecule has 160 valence electrons. The zero-order valence-electron chi connectivity index (χ0n) is 17.4. The van der Waals surface area contributed by atoms with Crippen LogP contribution < -0.4 is 5.73 Å². The van der Waals surface area contributed by atoms with Gasteiger partial charge in [0.15, 0.2) is 0 Å². The number of hydrogen-bond donors (Lipinski definition) is 1. The predicted octanol–water partition coefficient (Wildman–Crippen LogP) is 3.73. The van der Waals surface area contributed by atoms with E-state index >= 15 is 0 Å². The first kappa shape index (κ1) is 18.7. The molecular weight excluding hydrogens is 366 g/mol. The van der Waals surface area contributed by atoms with Crippen LogP contribution in [-0.2, 0) is 19.1 Å². The van der Waals surface area contributed by atoms with E-state index in [1.165, 1.54) is 38.5 Å². The lowest BCUT2D eigenvalue weighted by atomic mass is 9.54. The predicted molar refractivity (Wildman–Crippen MR) is 107 cm³/mol. The average molecular weight is 402 g/mol. The van der Waals surface area contributed by atoms with E-state index in [1.54, 1.807) is 0 Å². The molecule has 5 nitrogen and oxygen atoms in total. The molecule has 8 fully saturated rings. The van der Waals surface area contributed by atoms with Gasteiger partial charge < -0.3 is 15.2 Å². The molecule has 0 spiro atoms. The zero-order valence-corrected chi connectivity index (χ0v) is 17.4. The Morgan fingerprint density at radius 1 is 0.690 bits per heavy atom. The van der Waals surface area contributed by atoms with Crippen LogP contribution in [0.2, 0.25) is 0 Å². The monoisotopic (exact) mass is 401 g/mol. The quantitative estimate of drug-likeness (QED) is 0.710. The fraction of sp³-hybridized carbons (Fsp3) is 0.917. The van der Waals surface area contributed by atoms with E-state index in [-0.39, 0.29) is 23.6 Å². The lowest BCUT2D eigenvalue weighted by Gasteiger charge is -2.56. The Morgan fingerprint density at radius 3 is 1.41 bits per heavy atom. The Morgan fingerprint density at radius 2 is 1.03 bits per heavy atom. The Bertz CT molecular complexity index is 645. The van der Waals surface area contributed by atoms with Gasteiger partial charge in [0.25, 0.3) is 0 Å². The maximum atomic E-state index is 12.8. The number of hydrogen-bond acceptors (Lipinski definition) is 5. The standard InChI is InChI=1S/C24H35NO4/c25-20(22(27)29-24-11-17-4-18(12-24)6-19(5-17)13-24)7-21(26)28-23-8-14-1-15(9-23)3-16(2-14)10-23/h14-20H,1-13,25H2/t14?,15?,16?,17?,18?,19?,20-,23?,24?/m0/s1. The van der Waals surface area contributed by atoms with Crippen molar-refractivity contribution >= 4 is 11.9 Å². The van der Waals surface area contributed by atoms with Gasteiger partial charge in [0.2, 0.25) is 0 Å². The smallest absolute Gasteiger partial charge is 0.324 e. The van der Waals surface area contributed by atoms with Gasteiger partial charge >= 0.3 is 11.9 Å². The second-order valence-electron chi connectivity index (χ2n) is 11.9. The molecule has 0 amide bonds. The summed E-state index contributed by atoms with van der Waals surface area (Å²) in [5, 5.41) is 0. The van der Waals surface area contributed by atoms with Crippen molar-refractivity contribution in [2.45, 2.75) is 101 Å². The zero-order chi connectivity index (χ0) is 19.8. The van der Waals surface area contributed by atoms with E-state index in [0.717, 1.165) is 56.3 Å². The third-order valence-corrected chi connectivity index (χ3v) is 9.30. The van der Waals surface area contributed by atoms with Crippen LogP contribution in [0.1, 0.15) is 83.5 Å². The first-order valence-electron chi connectivity index (χ1n) is 12.1. The van der Waals surface area contributed by atoms with Gasteiger partial charge in [-0.25, -0.2) is 0 Å². The molecule has 8 bridgehead atoms.